The molecule has 24 heavy (non-hydrogen) atoms. The lowest BCUT2D eigenvalue weighted by Crippen LogP contribution is -2.29. The van der Waals surface area contributed by atoms with E-state index in [0.717, 1.165) is 18.7 Å². The number of aromatic nitrogens is 1. The van der Waals surface area contributed by atoms with E-state index in [1.54, 1.807) is 18.3 Å². The zero-order chi connectivity index (χ0) is 16.1. The third kappa shape index (κ3) is 4.80. The number of benzene rings is 1. The minimum atomic E-state index is -0.436. The maximum atomic E-state index is 13.8. The van der Waals surface area contributed by atoms with Crippen molar-refractivity contribution in [3.63, 3.8) is 0 Å². The summed E-state index contributed by atoms with van der Waals surface area (Å²) in [6.45, 7) is 2.47. The highest BCUT2D eigenvalue weighted by Gasteiger charge is 2.27. The molecule has 1 saturated heterocycles. The molecule has 3 rings (SSSR count). The summed E-state index contributed by atoms with van der Waals surface area (Å²) in [4.78, 5) is 4.15. The summed E-state index contributed by atoms with van der Waals surface area (Å²) in [6, 6.07) is 10.3. The lowest BCUT2D eigenvalue weighted by molar-refractivity contribution is 0.0146. The predicted molar refractivity (Wildman–Crippen MR) is 93.4 cm³/mol. The van der Waals surface area contributed by atoms with Crippen molar-refractivity contribution in [3.05, 3.63) is 59.0 Å². The van der Waals surface area contributed by atoms with E-state index >= 15 is 0 Å². The van der Waals surface area contributed by atoms with Crippen molar-refractivity contribution < 1.29 is 13.9 Å². The smallest absolute Gasteiger partial charge is 0.213 e. The van der Waals surface area contributed by atoms with Crippen LogP contribution in [0.15, 0.2) is 42.6 Å². The monoisotopic (exact) mass is 372 g/mol. The molecule has 1 aliphatic rings. The van der Waals surface area contributed by atoms with Gasteiger partial charge in [0.15, 0.2) is 0 Å². The van der Waals surface area contributed by atoms with Gasteiger partial charge in [0, 0.05) is 31.3 Å². The molecule has 1 fully saturated rings. The standard InChI is InChI=1S/C17H18ClFN2O2.ClH/c18-14-5-4-12(9-15(14)19)17-13(10-20-7-8-22-17)11-23-16-3-1-2-6-21-16;/h1-6,9,13,17,20H,7-8,10-11H2;1H/t13-,17-;/m0./s1. The van der Waals surface area contributed by atoms with Crippen LogP contribution in [0.1, 0.15) is 11.7 Å². The molecule has 130 valence electrons. The van der Waals surface area contributed by atoms with Gasteiger partial charge in [0.2, 0.25) is 5.88 Å². The quantitative estimate of drug-likeness (QED) is 0.889. The summed E-state index contributed by atoms with van der Waals surface area (Å²) in [5.74, 6) is 0.173. The third-order valence-electron chi connectivity index (χ3n) is 3.77. The minimum Gasteiger partial charge on any atom is -0.477 e. The van der Waals surface area contributed by atoms with Gasteiger partial charge >= 0.3 is 0 Å². The molecule has 0 radical (unpaired) electrons. The Labute approximate surface area is 151 Å². The largest absolute Gasteiger partial charge is 0.477 e. The highest BCUT2D eigenvalue weighted by atomic mass is 35.5. The molecule has 0 amide bonds. The highest BCUT2D eigenvalue weighted by Crippen LogP contribution is 2.30. The first kappa shape index (κ1) is 18.9. The molecule has 2 aromatic rings. The summed E-state index contributed by atoms with van der Waals surface area (Å²) < 4.78 is 25.4. The number of hydrogen-bond donors (Lipinski definition) is 1. The molecular weight excluding hydrogens is 354 g/mol. The van der Waals surface area contributed by atoms with E-state index in [1.807, 2.05) is 18.2 Å². The second-order valence-electron chi connectivity index (χ2n) is 5.41. The number of pyridine rings is 1. The van der Waals surface area contributed by atoms with E-state index < -0.39 is 5.82 Å². The van der Waals surface area contributed by atoms with Gasteiger partial charge in [-0.1, -0.05) is 23.7 Å². The molecule has 1 N–H and O–H groups in total. The summed E-state index contributed by atoms with van der Waals surface area (Å²) in [5.41, 5.74) is 0.769. The summed E-state index contributed by atoms with van der Waals surface area (Å²) in [5, 5.41) is 3.43. The van der Waals surface area contributed by atoms with E-state index in [-0.39, 0.29) is 29.5 Å². The van der Waals surface area contributed by atoms with Gasteiger partial charge in [-0.25, -0.2) is 9.37 Å². The van der Waals surface area contributed by atoms with Crippen LogP contribution in [0.25, 0.3) is 0 Å². The molecule has 0 bridgehead atoms. The molecule has 1 aromatic heterocycles. The SMILES string of the molecule is Cl.Fc1cc([C@@H]2OCCNC[C@H]2COc2ccccn2)ccc1Cl. The first-order chi connectivity index (χ1) is 11.2. The fourth-order valence-electron chi connectivity index (χ4n) is 2.62. The van der Waals surface area contributed by atoms with Crippen molar-refractivity contribution in [1.29, 1.82) is 0 Å². The Balaban J connectivity index is 0.00000208. The van der Waals surface area contributed by atoms with Gasteiger partial charge in [0.25, 0.3) is 0 Å². The van der Waals surface area contributed by atoms with Crippen LogP contribution in [0.4, 0.5) is 4.39 Å². The molecule has 1 aliphatic heterocycles. The Morgan fingerprint density at radius 2 is 2.21 bits per heavy atom. The molecule has 0 spiro atoms. The van der Waals surface area contributed by atoms with Crippen molar-refractivity contribution in [1.82, 2.24) is 10.3 Å². The van der Waals surface area contributed by atoms with Crippen LogP contribution in [0.5, 0.6) is 5.88 Å². The van der Waals surface area contributed by atoms with E-state index in [1.165, 1.54) is 6.07 Å². The van der Waals surface area contributed by atoms with Crippen molar-refractivity contribution >= 4 is 24.0 Å². The van der Waals surface area contributed by atoms with Crippen LogP contribution < -0.4 is 10.1 Å². The zero-order valence-corrected chi connectivity index (χ0v) is 14.5. The fraction of sp³-hybridized carbons (Fsp3) is 0.353. The van der Waals surface area contributed by atoms with Crippen LogP contribution in [-0.2, 0) is 4.74 Å². The summed E-state index contributed by atoms with van der Waals surface area (Å²) in [7, 11) is 0. The van der Waals surface area contributed by atoms with Gasteiger partial charge in [0.1, 0.15) is 5.82 Å². The Morgan fingerprint density at radius 3 is 2.96 bits per heavy atom. The number of ether oxygens (including phenoxy) is 2. The first-order valence-electron chi connectivity index (χ1n) is 7.55. The van der Waals surface area contributed by atoms with Crippen LogP contribution in [-0.4, -0.2) is 31.3 Å². The topological polar surface area (TPSA) is 43.4 Å². The van der Waals surface area contributed by atoms with Crippen LogP contribution >= 0.6 is 24.0 Å². The van der Waals surface area contributed by atoms with Gasteiger partial charge in [0.05, 0.1) is 24.3 Å². The second-order valence-corrected chi connectivity index (χ2v) is 5.82. The Morgan fingerprint density at radius 1 is 1.33 bits per heavy atom. The van der Waals surface area contributed by atoms with E-state index in [2.05, 4.69) is 10.3 Å². The molecule has 0 saturated carbocycles. The fourth-order valence-corrected chi connectivity index (χ4v) is 2.74. The summed E-state index contributed by atoms with van der Waals surface area (Å²) in [6.07, 6.45) is 1.43. The molecular formula is C17H19Cl2FN2O2. The molecule has 2 atom stereocenters. The lowest BCUT2D eigenvalue weighted by Gasteiger charge is -2.25. The molecule has 4 nitrogen and oxygen atoms in total. The summed E-state index contributed by atoms with van der Waals surface area (Å²) >= 11 is 5.77. The van der Waals surface area contributed by atoms with E-state index in [0.29, 0.717) is 19.1 Å². The van der Waals surface area contributed by atoms with Crippen molar-refractivity contribution in [3.8, 4) is 5.88 Å². The third-order valence-corrected chi connectivity index (χ3v) is 4.07. The van der Waals surface area contributed by atoms with Crippen molar-refractivity contribution in [2.75, 3.05) is 26.3 Å². The van der Waals surface area contributed by atoms with Crippen LogP contribution in [0, 0.1) is 11.7 Å². The van der Waals surface area contributed by atoms with E-state index in [4.69, 9.17) is 21.1 Å². The maximum absolute atomic E-state index is 13.8. The highest BCUT2D eigenvalue weighted by molar-refractivity contribution is 6.30. The Bertz CT molecular complexity index is 646. The minimum absolute atomic E-state index is 0. The second kappa shape index (κ2) is 9.18. The maximum Gasteiger partial charge on any atom is 0.213 e. The number of hydrogen-bond acceptors (Lipinski definition) is 4. The van der Waals surface area contributed by atoms with E-state index in [9.17, 15) is 4.39 Å². The number of nitrogens with one attached hydrogen (secondary N) is 1. The molecule has 0 unspecified atom stereocenters. The molecule has 7 heteroatoms. The predicted octanol–water partition coefficient (Wildman–Crippen LogP) is 3.65. The number of halogens is 3. The van der Waals surface area contributed by atoms with Gasteiger partial charge in [-0.2, -0.15) is 0 Å². The number of nitrogens with zero attached hydrogens (tertiary/aromatic N) is 1. The van der Waals surface area contributed by atoms with Gasteiger partial charge < -0.3 is 14.8 Å². The lowest BCUT2D eigenvalue weighted by atomic mass is 9.96. The molecule has 2 heterocycles. The average molecular weight is 373 g/mol. The van der Waals surface area contributed by atoms with Gasteiger partial charge in [-0.15, -0.1) is 12.4 Å². The number of rotatable bonds is 4. The first-order valence-corrected chi connectivity index (χ1v) is 7.93. The molecule has 0 aliphatic carbocycles. The normalized spacial score (nSPS) is 20.8. The van der Waals surface area contributed by atoms with Crippen LogP contribution in [0.2, 0.25) is 5.02 Å². The van der Waals surface area contributed by atoms with Crippen LogP contribution in [0.3, 0.4) is 0 Å². The molecule has 1 aromatic carbocycles. The zero-order valence-electron chi connectivity index (χ0n) is 13.0. The van der Waals surface area contributed by atoms with Crippen molar-refractivity contribution in [2.24, 2.45) is 5.92 Å². The van der Waals surface area contributed by atoms with Crippen molar-refractivity contribution in [2.45, 2.75) is 6.10 Å². The Hall–Kier alpha value is -1.40. The van der Waals surface area contributed by atoms with Gasteiger partial charge in [-0.3, -0.25) is 0 Å². The Kier molecular flexibility index (Phi) is 7.24. The average Bonchev–Trinajstić information content (AvgIpc) is 2.82. The van der Waals surface area contributed by atoms with Gasteiger partial charge in [-0.05, 0) is 23.8 Å².